The SMILES string of the molecule is CCN(CC1CCC1)c1nc(NC)c(C(C)=N)cc1Nc1cc(C)on1. The zero-order chi connectivity index (χ0) is 18.7. The number of hydrogen-bond donors (Lipinski definition) is 3. The molecule has 0 aromatic carbocycles. The van der Waals surface area contributed by atoms with Crippen LogP contribution in [0.25, 0.3) is 0 Å². The lowest BCUT2D eigenvalue weighted by molar-refractivity contribution is 0.318. The molecule has 1 aliphatic rings. The Balaban J connectivity index is 2.01. The maximum absolute atomic E-state index is 8.08. The first-order valence-corrected chi connectivity index (χ1v) is 9.25. The lowest BCUT2D eigenvalue weighted by Gasteiger charge is -2.33. The topological polar surface area (TPSA) is 90.1 Å². The molecule has 0 aliphatic heterocycles. The molecule has 1 saturated carbocycles. The van der Waals surface area contributed by atoms with E-state index in [-0.39, 0.29) is 0 Å². The third kappa shape index (κ3) is 3.81. The lowest BCUT2D eigenvalue weighted by atomic mass is 9.85. The van der Waals surface area contributed by atoms with Gasteiger partial charge in [0.25, 0.3) is 0 Å². The molecule has 140 valence electrons. The molecule has 3 N–H and O–H groups in total. The van der Waals surface area contributed by atoms with E-state index in [1.807, 2.05) is 26.1 Å². The van der Waals surface area contributed by atoms with Crippen molar-refractivity contribution in [2.24, 2.45) is 5.92 Å². The summed E-state index contributed by atoms with van der Waals surface area (Å²) in [5, 5.41) is 18.6. The van der Waals surface area contributed by atoms with Gasteiger partial charge in [0.05, 0.1) is 5.69 Å². The number of nitrogens with one attached hydrogen (secondary N) is 3. The zero-order valence-electron chi connectivity index (χ0n) is 16.0. The van der Waals surface area contributed by atoms with Gasteiger partial charge in [-0.25, -0.2) is 4.98 Å². The average Bonchev–Trinajstić information content (AvgIpc) is 2.99. The first-order chi connectivity index (χ1) is 12.5. The van der Waals surface area contributed by atoms with Crippen LogP contribution < -0.4 is 15.5 Å². The molecule has 7 nitrogen and oxygen atoms in total. The van der Waals surface area contributed by atoms with E-state index in [0.717, 1.165) is 47.7 Å². The molecule has 2 aromatic heterocycles. The molecule has 7 heteroatoms. The van der Waals surface area contributed by atoms with Crippen LogP contribution in [0.1, 0.15) is 44.4 Å². The Bertz CT molecular complexity index is 780. The van der Waals surface area contributed by atoms with Crippen LogP contribution in [0, 0.1) is 18.3 Å². The minimum absolute atomic E-state index is 0.467. The van der Waals surface area contributed by atoms with E-state index in [4.69, 9.17) is 14.9 Å². The van der Waals surface area contributed by atoms with E-state index in [1.54, 1.807) is 6.92 Å². The van der Waals surface area contributed by atoms with Gasteiger partial charge in [-0.05, 0) is 45.6 Å². The summed E-state index contributed by atoms with van der Waals surface area (Å²) in [7, 11) is 1.84. The van der Waals surface area contributed by atoms with Crippen LogP contribution in [0.15, 0.2) is 16.7 Å². The van der Waals surface area contributed by atoms with Gasteiger partial charge in [-0.1, -0.05) is 11.6 Å². The van der Waals surface area contributed by atoms with Gasteiger partial charge in [-0.15, -0.1) is 0 Å². The van der Waals surface area contributed by atoms with E-state index in [1.165, 1.54) is 19.3 Å². The van der Waals surface area contributed by atoms with E-state index in [0.29, 0.717) is 11.5 Å². The van der Waals surface area contributed by atoms with Crippen LogP contribution in [0.4, 0.5) is 23.1 Å². The van der Waals surface area contributed by atoms with E-state index < -0.39 is 0 Å². The number of rotatable bonds is 8. The third-order valence-corrected chi connectivity index (χ3v) is 4.92. The van der Waals surface area contributed by atoms with Crippen molar-refractivity contribution in [3.05, 3.63) is 23.5 Å². The first-order valence-electron chi connectivity index (χ1n) is 9.25. The highest BCUT2D eigenvalue weighted by Gasteiger charge is 2.24. The first kappa shape index (κ1) is 18.2. The number of anilines is 4. The predicted molar refractivity (Wildman–Crippen MR) is 106 cm³/mol. The third-order valence-electron chi connectivity index (χ3n) is 4.92. The average molecular weight is 356 g/mol. The number of aryl methyl sites for hydroxylation is 1. The van der Waals surface area contributed by atoms with Gasteiger partial charge in [0.2, 0.25) is 0 Å². The highest BCUT2D eigenvalue weighted by atomic mass is 16.5. The second kappa shape index (κ2) is 7.76. The molecule has 3 rings (SSSR count). The lowest BCUT2D eigenvalue weighted by Crippen LogP contribution is -2.33. The summed E-state index contributed by atoms with van der Waals surface area (Å²) in [6, 6.07) is 3.83. The molecular weight excluding hydrogens is 328 g/mol. The Morgan fingerprint density at radius 1 is 1.38 bits per heavy atom. The molecule has 0 unspecified atom stereocenters. The van der Waals surface area contributed by atoms with E-state index in [2.05, 4.69) is 27.6 Å². The minimum atomic E-state index is 0.467. The van der Waals surface area contributed by atoms with Gasteiger partial charge in [0, 0.05) is 37.5 Å². The number of nitrogens with zero attached hydrogens (tertiary/aromatic N) is 3. The van der Waals surface area contributed by atoms with Crippen LogP contribution in [0.5, 0.6) is 0 Å². The molecule has 0 radical (unpaired) electrons. The smallest absolute Gasteiger partial charge is 0.174 e. The summed E-state index contributed by atoms with van der Waals surface area (Å²) in [6.07, 6.45) is 3.91. The summed E-state index contributed by atoms with van der Waals surface area (Å²) < 4.78 is 5.18. The molecule has 26 heavy (non-hydrogen) atoms. The molecule has 0 amide bonds. The summed E-state index contributed by atoms with van der Waals surface area (Å²) in [6.45, 7) is 7.67. The second-order valence-electron chi connectivity index (χ2n) is 6.91. The van der Waals surface area contributed by atoms with Gasteiger partial charge >= 0.3 is 0 Å². The maximum atomic E-state index is 8.08. The van der Waals surface area contributed by atoms with Crippen LogP contribution in [0.3, 0.4) is 0 Å². The van der Waals surface area contributed by atoms with Crippen LogP contribution in [-0.4, -0.2) is 36.0 Å². The number of pyridine rings is 1. The molecule has 1 fully saturated rings. The zero-order valence-corrected chi connectivity index (χ0v) is 16.0. The van der Waals surface area contributed by atoms with Crippen molar-refractivity contribution in [2.45, 2.75) is 40.0 Å². The van der Waals surface area contributed by atoms with Crippen molar-refractivity contribution in [2.75, 3.05) is 35.7 Å². The molecule has 2 aromatic rings. The number of aromatic nitrogens is 2. The predicted octanol–water partition coefficient (Wildman–Crippen LogP) is 4.18. The molecule has 0 bridgehead atoms. The van der Waals surface area contributed by atoms with Gasteiger partial charge in [0.1, 0.15) is 11.6 Å². The molecule has 0 atom stereocenters. The van der Waals surface area contributed by atoms with Crippen molar-refractivity contribution >= 4 is 28.9 Å². The standard InChI is InChI=1S/C19H28N6O/c1-5-25(11-14-7-6-8-14)19-16(22-17-9-12(2)26-24-17)10-15(13(3)20)18(21-4)23-19/h9-10,14,20H,5-8,11H2,1-4H3,(H,21,23)(H,22,24). The van der Waals surface area contributed by atoms with Crippen LogP contribution >= 0.6 is 0 Å². The Morgan fingerprint density at radius 3 is 2.65 bits per heavy atom. The summed E-state index contributed by atoms with van der Waals surface area (Å²) in [5.74, 6) is 3.74. The summed E-state index contributed by atoms with van der Waals surface area (Å²) in [5.41, 5.74) is 2.09. The summed E-state index contributed by atoms with van der Waals surface area (Å²) in [4.78, 5) is 7.16. The van der Waals surface area contributed by atoms with Gasteiger partial charge < -0.3 is 25.5 Å². The molecule has 2 heterocycles. The van der Waals surface area contributed by atoms with E-state index >= 15 is 0 Å². The largest absolute Gasteiger partial charge is 0.373 e. The number of hydrogen-bond acceptors (Lipinski definition) is 7. The molecule has 0 spiro atoms. The Kier molecular flexibility index (Phi) is 5.44. The Morgan fingerprint density at radius 2 is 2.15 bits per heavy atom. The van der Waals surface area contributed by atoms with Crippen molar-refractivity contribution in [1.82, 2.24) is 10.1 Å². The van der Waals surface area contributed by atoms with Crippen LogP contribution in [0.2, 0.25) is 0 Å². The minimum Gasteiger partial charge on any atom is -0.373 e. The highest BCUT2D eigenvalue weighted by molar-refractivity contribution is 6.02. The van der Waals surface area contributed by atoms with E-state index in [9.17, 15) is 0 Å². The fraction of sp³-hybridized carbons (Fsp3) is 0.526. The fourth-order valence-electron chi connectivity index (χ4n) is 3.23. The highest BCUT2D eigenvalue weighted by Crippen LogP contribution is 2.34. The van der Waals surface area contributed by atoms with Crippen molar-refractivity contribution < 1.29 is 4.52 Å². The fourth-order valence-corrected chi connectivity index (χ4v) is 3.23. The van der Waals surface area contributed by atoms with Gasteiger partial charge in [0.15, 0.2) is 11.6 Å². The normalized spacial score (nSPS) is 14.0. The van der Waals surface area contributed by atoms with Gasteiger partial charge in [-0.2, -0.15) is 0 Å². The Hall–Kier alpha value is -2.57. The molecule has 1 aliphatic carbocycles. The maximum Gasteiger partial charge on any atom is 0.174 e. The Labute approximate surface area is 154 Å². The van der Waals surface area contributed by atoms with Gasteiger partial charge in [-0.3, -0.25) is 0 Å². The monoisotopic (exact) mass is 356 g/mol. The van der Waals surface area contributed by atoms with Crippen molar-refractivity contribution in [3.8, 4) is 0 Å². The van der Waals surface area contributed by atoms with Crippen molar-refractivity contribution in [1.29, 1.82) is 5.41 Å². The molecule has 0 saturated heterocycles. The van der Waals surface area contributed by atoms with Crippen LogP contribution in [-0.2, 0) is 0 Å². The van der Waals surface area contributed by atoms with Crippen molar-refractivity contribution in [3.63, 3.8) is 0 Å². The quantitative estimate of drug-likeness (QED) is 0.615. The second-order valence-corrected chi connectivity index (χ2v) is 6.91. The summed E-state index contributed by atoms with van der Waals surface area (Å²) >= 11 is 0. The molecular formula is C19H28N6O.